The highest BCUT2D eigenvalue weighted by atomic mass is 32.2. The molecule has 1 N–H and O–H groups in total. The first-order valence-corrected chi connectivity index (χ1v) is 8.61. The molecule has 2 rings (SSSR count). The molecule has 0 aromatic heterocycles. The summed E-state index contributed by atoms with van der Waals surface area (Å²) in [4.78, 5) is 14.2. The van der Waals surface area contributed by atoms with E-state index in [1.54, 1.807) is 29.2 Å². The highest BCUT2D eigenvalue weighted by molar-refractivity contribution is 7.92. The predicted molar refractivity (Wildman–Crippen MR) is 79.3 cm³/mol. The largest absolute Gasteiger partial charge is 0.339 e. The van der Waals surface area contributed by atoms with Gasteiger partial charge in [0.2, 0.25) is 10.0 Å². The first-order valence-electron chi connectivity index (χ1n) is 6.72. The number of nitrogens with zero attached hydrogens (tertiary/aromatic N) is 1. The lowest BCUT2D eigenvalue weighted by Gasteiger charge is -2.24. The summed E-state index contributed by atoms with van der Waals surface area (Å²) in [6.07, 6.45) is 5.51. The first-order chi connectivity index (χ1) is 9.37. The summed E-state index contributed by atoms with van der Waals surface area (Å²) in [5, 5.41) is 0. The molecule has 0 heterocycles. The van der Waals surface area contributed by atoms with E-state index in [-0.39, 0.29) is 5.91 Å². The Kier molecular flexibility index (Phi) is 4.32. The van der Waals surface area contributed by atoms with Gasteiger partial charge in [0.25, 0.3) is 5.91 Å². The second kappa shape index (κ2) is 5.83. The van der Waals surface area contributed by atoms with Gasteiger partial charge in [-0.1, -0.05) is 18.9 Å². The molecule has 0 atom stereocenters. The minimum atomic E-state index is -3.33. The van der Waals surface area contributed by atoms with Crippen LogP contribution in [0.2, 0.25) is 0 Å². The fraction of sp³-hybridized carbons (Fsp3) is 0.500. The van der Waals surface area contributed by atoms with Gasteiger partial charge in [-0.3, -0.25) is 9.52 Å². The molecule has 1 aliphatic rings. The molecular formula is C14H20N2O3S. The van der Waals surface area contributed by atoms with Gasteiger partial charge in [-0.05, 0) is 31.0 Å². The number of sulfonamides is 1. The summed E-state index contributed by atoms with van der Waals surface area (Å²) < 4.78 is 24.8. The molecule has 0 unspecified atom stereocenters. The lowest BCUT2D eigenvalue weighted by Crippen LogP contribution is -2.35. The highest BCUT2D eigenvalue weighted by Crippen LogP contribution is 2.24. The molecule has 0 aliphatic heterocycles. The predicted octanol–water partition coefficient (Wildman–Crippen LogP) is 2.07. The SMILES string of the molecule is CN(C(=O)c1cccc(NS(C)(=O)=O)c1)C1CCCC1. The van der Waals surface area contributed by atoms with Gasteiger partial charge in [-0.2, -0.15) is 0 Å². The molecule has 0 saturated heterocycles. The zero-order valence-corrected chi connectivity index (χ0v) is 12.6. The molecule has 110 valence electrons. The van der Waals surface area contributed by atoms with E-state index >= 15 is 0 Å². The third-order valence-corrected chi connectivity index (χ3v) is 4.21. The molecule has 1 aromatic rings. The number of anilines is 1. The van der Waals surface area contributed by atoms with E-state index < -0.39 is 10.0 Å². The average Bonchev–Trinajstić information content (AvgIpc) is 2.89. The van der Waals surface area contributed by atoms with Crippen molar-refractivity contribution in [2.24, 2.45) is 0 Å². The van der Waals surface area contributed by atoms with Crippen LogP contribution in [-0.2, 0) is 10.0 Å². The second-order valence-corrected chi connectivity index (χ2v) is 7.06. The van der Waals surface area contributed by atoms with Crippen molar-refractivity contribution in [2.45, 2.75) is 31.7 Å². The quantitative estimate of drug-likeness (QED) is 0.925. The standard InChI is InChI=1S/C14H20N2O3S/c1-16(13-8-3-4-9-13)14(17)11-6-5-7-12(10-11)15-20(2,18)19/h5-7,10,13,15H,3-4,8-9H2,1-2H3. The Morgan fingerprint density at radius 3 is 2.55 bits per heavy atom. The molecule has 0 spiro atoms. The van der Waals surface area contributed by atoms with Crippen LogP contribution >= 0.6 is 0 Å². The molecule has 1 amide bonds. The molecule has 1 saturated carbocycles. The molecule has 0 radical (unpaired) electrons. The van der Waals surface area contributed by atoms with E-state index in [0.717, 1.165) is 31.9 Å². The first kappa shape index (κ1) is 14.8. The molecule has 6 heteroatoms. The van der Waals surface area contributed by atoms with Crippen LogP contribution < -0.4 is 4.72 Å². The Morgan fingerprint density at radius 1 is 1.30 bits per heavy atom. The average molecular weight is 296 g/mol. The monoisotopic (exact) mass is 296 g/mol. The van der Waals surface area contributed by atoms with E-state index in [2.05, 4.69) is 4.72 Å². The van der Waals surface area contributed by atoms with Crippen molar-refractivity contribution in [3.8, 4) is 0 Å². The van der Waals surface area contributed by atoms with Gasteiger partial charge in [-0.15, -0.1) is 0 Å². The minimum Gasteiger partial charge on any atom is -0.339 e. The van der Waals surface area contributed by atoms with E-state index in [1.807, 2.05) is 7.05 Å². The fourth-order valence-electron chi connectivity index (χ4n) is 2.59. The van der Waals surface area contributed by atoms with Crippen molar-refractivity contribution >= 4 is 21.6 Å². The van der Waals surface area contributed by atoms with Crippen molar-refractivity contribution in [1.29, 1.82) is 0 Å². The van der Waals surface area contributed by atoms with Crippen LogP contribution in [0.15, 0.2) is 24.3 Å². The molecule has 0 bridgehead atoms. The zero-order valence-electron chi connectivity index (χ0n) is 11.8. The molecule has 5 nitrogen and oxygen atoms in total. The smallest absolute Gasteiger partial charge is 0.253 e. The second-order valence-electron chi connectivity index (χ2n) is 5.31. The van der Waals surface area contributed by atoms with E-state index in [0.29, 0.717) is 17.3 Å². The minimum absolute atomic E-state index is 0.0611. The van der Waals surface area contributed by atoms with Gasteiger partial charge in [0.1, 0.15) is 0 Å². The summed E-state index contributed by atoms with van der Waals surface area (Å²) in [5.41, 5.74) is 0.922. The summed E-state index contributed by atoms with van der Waals surface area (Å²) in [5.74, 6) is -0.0611. The van der Waals surface area contributed by atoms with Crippen LogP contribution in [-0.4, -0.2) is 38.6 Å². The summed E-state index contributed by atoms with van der Waals surface area (Å²) in [6.45, 7) is 0. The third kappa shape index (κ3) is 3.72. The molecule has 1 aliphatic carbocycles. The normalized spacial score (nSPS) is 16.1. The number of amides is 1. The van der Waals surface area contributed by atoms with E-state index in [9.17, 15) is 13.2 Å². The van der Waals surface area contributed by atoms with Gasteiger partial charge in [0, 0.05) is 24.3 Å². The number of rotatable bonds is 4. The molecule has 1 aromatic carbocycles. The Hall–Kier alpha value is -1.56. The van der Waals surface area contributed by atoms with Crippen molar-refractivity contribution in [1.82, 2.24) is 4.90 Å². The topological polar surface area (TPSA) is 66.5 Å². The van der Waals surface area contributed by atoms with Gasteiger partial charge in [-0.25, -0.2) is 8.42 Å². The van der Waals surface area contributed by atoms with Gasteiger partial charge < -0.3 is 4.90 Å². The lowest BCUT2D eigenvalue weighted by molar-refractivity contribution is 0.0735. The van der Waals surface area contributed by atoms with Gasteiger partial charge in [0.15, 0.2) is 0 Å². The number of hydrogen-bond donors (Lipinski definition) is 1. The van der Waals surface area contributed by atoms with Crippen molar-refractivity contribution in [3.05, 3.63) is 29.8 Å². The number of carbonyl (C=O) groups is 1. The van der Waals surface area contributed by atoms with E-state index in [4.69, 9.17) is 0 Å². The Bertz CT molecular complexity index is 592. The Balaban J connectivity index is 2.15. The van der Waals surface area contributed by atoms with Crippen LogP contribution in [0.5, 0.6) is 0 Å². The zero-order chi connectivity index (χ0) is 14.8. The van der Waals surface area contributed by atoms with Gasteiger partial charge in [0.05, 0.1) is 6.26 Å². The number of carbonyl (C=O) groups excluding carboxylic acids is 1. The molecular weight excluding hydrogens is 276 g/mol. The summed E-state index contributed by atoms with van der Waals surface area (Å²) >= 11 is 0. The van der Waals surface area contributed by atoms with Crippen LogP contribution in [0.3, 0.4) is 0 Å². The third-order valence-electron chi connectivity index (χ3n) is 3.61. The van der Waals surface area contributed by atoms with Crippen molar-refractivity contribution in [2.75, 3.05) is 18.0 Å². The summed E-state index contributed by atoms with van der Waals surface area (Å²) in [6, 6.07) is 6.90. The van der Waals surface area contributed by atoms with Crippen molar-refractivity contribution < 1.29 is 13.2 Å². The Labute approximate surface area is 120 Å². The van der Waals surface area contributed by atoms with E-state index in [1.165, 1.54) is 0 Å². The number of hydrogen-bond acceptors (Lipinski definition) is 3. The van der Waals surface area contributed by atoms with Crippen molar-refractivity contribution in [3.63, 3.8) is 0 Å². The number of benzene rings is 1. The van der Waals surface area contributed by atoms with Crippen LogP contribution in [0.1, 0.15) is 36.0 Å². The highest BCUT2D eigenvalue weighted by Gasteiger charge is 2.24. The van der Waals surface area contributed by atoms with Crippen LogP contribution in [0, 0.1) is 0 Å². The maximum atomic E-state index is 12.4. The fourth-order valence-corrected chi connectivity index (χ4v) is 3.15. The molecule has 1 fully saturated rings. The number of nitrogens with one attached hydrogen (secondary N) is 1. The Morgan fingerprint density at radius 2 is 1.95 bits per heavy atom. The maximum absolute atomic E-state index is 12.4. The van der Waals surface area contributed by atoms with Crippen LogP contribution in [0.4, 0.5) is 5.69 Å². The maximum Gasteiger partial charge on any atom is 0.253 e. The summed E-state index contributed by atoms with van der Waals surface area (Å²) in [7, 11) is -1.52. The molecule has 20 heavy (non-hydrogen) atoms. The van der Waals surface area contributed by atoms with Gasteiger partial charge >= 0.3 is 0 Å². The lowest BCUT2D eigenvalue weighted by atomic mass is 10.1. The van der Waals surface area contributed by atoms with Crippen LogP contribution in [0.25, 0.3) is 0 Å².